The Hall–Kier alpha value is -1.00. The number of nitrogens with zero attached hydrogens (tertiary/aromatic N) is 2. The third-order valence-electron chi connectivity index (χ3n) is 5.55. The van der Waals surface area contributed by atoms with Crippen LogP contribution in [-0.2, 0) is 0 Å². The fraction of sp³-hybridized carbons (Fsp3) is 0.625. The highest BCUT2D eigenvalue weighted by Crippen LogP contribution is 2.45. The predicted molar refractivity (Wildman–Crippen MR) is 73.6 cm³/mol. The maximum atomic E-state index is 13.5. The highest BCUT2D eigenvalue weighted by molar-refractivity contribution is 5.28. The second-order valence-electron chi connectivity index (χ2n) is 6.60. The molecule has 0 aliphatic carbocycles. The minimum absolute atomic E-state index is 0.235. The van der Waals surface area contributed by atoms with Crippen LogP contribution in [0.5, 0.6) is 0 Å². The van der Waals surface area contributed by atoms with Gasteiger partial charge in [0.1, 0.15) is 11.6 Å². The van der Waals surface area contributed by atoms with Crippen LogP contribution in [0.2, 0.25) is 0 Å². The van der Waals surface area contributed by atoms with E-state index in [0.29, 0.717) is 12.1 Å². The summed E-state index contributed by atoms with van der Waals surface area (Å²) in [6.45, 7) is 3.20. The molecule has 4 fully saturated rings. The summed E-state index contributed by atoms with van der Waals surface area (Å²) >= 11 is 0. The Morgan fingerprint density at radius 2 is 1.65 bits per heavy atom. The quantitative estimate of drug-likeness (QED) is 0.778. The molecule has 0 saturated carbocycles. The van der Waals surface area contributed by atoms with Crippen molar-refractivity contribution in [3.05, 3.63) is 35.4 Å². The van der Waals surface area contributed by atoms with Crippen LogP contribution in [0.4, 0.5) is 8.78 Å². The summed E-state index contributed by atoms with van der Waals surface area (Å²) in [5.74, 6) is 0.0841. The van der Waals surface area contributed by atoms with Crippen LogP contribution in [-0.4, -0.2) is 48.6 Å². The van der Waals surface area contributed by atoms with Crippen LogP contribution >= 0.6 is 0 Å². The van der Waals surface area contributed by atoms with Gasteiger partial charge in [0.05, 0.1) is 0 Å². The first-order chi connectivity index (χ1) is 9.63. The minimum Gasteiger partial charge on any atom is -0.301 e. The van der Waals surface area contributed by atoms with Gasteiger partial charge in [0.2, 0.25) is 0 Å². The summed E-state index contributed by atoms with van der Waals surface area (Å²) < 4.78 is 27.0. The fourth-order valence-electron chi connectivity index (χ4n) is 4.80. The van der Waals surface area contributed by atoms with Gasteiger partial charge in [-0.05, 0) is 56.6 Å². The van der Waals surface area contributed by atoms with Crippen molar-refractivity contribution in [2.75, 3.05) is 26.7 Å². The van der Waals surface area contributed by atoms with Gasteiger partial charge in [0.25, 0.3) is 0 Å². The molecule has 4 heterocycles. The zero-order chi connectivity index (χ0) is 13.9. The van der Waals surface area contributed by atoms with Gasteiger partial charge < -0.3 is 4.90 Å². The first-order valence-corrected chi connectivity index (χ1v) is 7.54. The maximum absolute atomic E-state index is 13.5. The van der Waals surface area contributed by atoms with Crippen LogP contribution in [0.1, 0.15) is 24.3 Å². The van der Waals surface area contributed by atoms with Crippen molar-refractivity contribution in [1.29, 1.82) is 0 Å². The summed E-state index contributed by atoms with van der Waals surface area (Å²) in [5, 5.41) is 0. The molecule has 4 aliphatic rings. The Morgan fingerprint density at radius 3 is 2.30 bits per heavy atom. The Morgan fingerprint density at radius 1 is 1.00 bits per heavy atom. The van der Waals surface area contributed by atoms with E-state index in [4.69, 9.17) is 0 Å². The predicted octanol–water partition coefficient (Wildman–Crippen LogP) is 2.46. The fourth-order valence-corrected chi connectivity index (χ4v) is 4.80. The highest BCUT2D eigenvalue weighted by atomic mass is 19.1. The van der Waals surface area contributed by atoms with Crippen LogP contribution in [0.3, 0.4) is 0 Å². The third-order valence-corrected chi connectivity index (χ3v) is 5.55. The standard InChI is InChI=1S/C16H20F2N2/c1-19-9-14(11-6-12(17)8-13(18)7-11)16-15(19)10-2-4-20(16)5-3-10/h6-8,10,14-16H,2-5,9H2,1H3/t14-,15+,16+/m1/s1. The molecule has 2 nitrogen and oxygen atoms in total. The van der Waals surface area contributed by atoms with Gasteiger partial charge in [0, 0.05) is 30.6 Å². The van der Waals surface area contributed by atoms with E-state index in [2.05, 4.69) is 16.8 Å². The average Bonchev–Trinajstić information content (AvgIpc) is 2.79. The topological polar surface area (TPSA) is 6.48 Å². The average molecular weight is 278 g/mol. The van der Waals surface area contributed by atoms with E-state index in [1.807, 2.05) is 0 Å². The summed E-state index contributed by atoms with van der Waals surface area (Å²) in [7, 11) is 2.16. The number of halogens is 2. The van der Waals surface area contributed by atoms with Crippen LogP contribution in [0, 0.1) is 17.6 Å². The monoisotopic (exact) mass is 278 g/mol. The third kappa shape index (κ3) is 1.81. The van der Waals surface area contributed by atoms with Crippen LogP contribution in [0.25, 0.3) is 0 Å². The molecule has 0 N–H and O–H groups in total. The Bertz CT molecular complexity index is 505. The van der Waals surface area contributed by atoms with E-state index >= 15 is 0 Å². The number of hydrogen-bond acceptors (Lipinski definition) is 2. The second-order valence-corrected chi connectivity index (χ2v) is 6.60. The number of benzene rings is 1. The van der Waals surface area contributed by atoms with Gasteiger partial charge in [-0.2, -0.15) is 0 Å². The van der Waals surface area contributed by atoms with Crippen molar-refractivity contribution in [3.8, 4) is 0 Å². The van der Waals surface area contributed by atoms with Gasteiger partial charge >= 0.3 is 0 Å². The molecule has 1 aromatic carbocycles. The van der Waals surface area contributed by atoms with Crippen molar-refractivity contribution < 1.29 is 8.78 Å². The van der Waals surface area contributed by atoms with Crippen molar-refractivity contribution in [2.24, 2.45) is 5.92 Å². The van der Waals surface area contributed by atoms with E-state index in [9.17, 15) is 8.78 Å². The van der Waals surface area contributed by atoms with E-state index < -0.39 is 11.6 Å². The lowest BCUT2D eigenvalue weighted by Gasteiger charge is -2.51. The minimum atomic E-state index is -0.456. The number of hydrogen-bond donors (Lipinski definition) is 0. The number of likely N-dealkylation sites (N-methyl/N-ethyl adjacent to an activating group) is 1. The van der Waals surface area contributed by atoms with Gasteiger partial charge in [-0.1, -0.05) is 0 Å². The molecule has 5 rings (SSSR count). The lowest BCUT2D eigenvalue weighted by molar-refractivity contribution is 0.000171. The second kappa shape index (κ2) is 4.50. The number of rotatable bonds is 1. The molecule has 2 bridgehead atoms. The summed E-state index contributed by atoms with van der Waals surface area (Å²) in [6.07, 6.45) is 2.55. The van der Waals surface area contributed by atoms with Gasteiger partial charge in [-0.3, -0.25) is 4.90 Å². The maximum Gasteiger partial charge on any atom is 0.126 e. The Kier molecular flexibility index (Phi) is 2.86. The Balaban J connectivity index is 1.72. The molecule has 4 heteroatoms. The smallest absolute Gasteiger partial charge is 0.126 e. The molecule has 4 aliphatic heterocycles. The zero-order valence-electron chi connectivity index (χ0n) is 11.7. The van der Waals surface area contributed by atoms with Gasteiger partial charge in [-0.25, -0.2) is 8.78 Å². The molecule has 108 valence electrons. The van der Waals surface area contributed by atoms with Crippen LogP contribution in [0.15, 0.2) is 18.2 Å². The van der Waals surface area contributed by atoms with E-state index in [1.165, 1.54) is 25.0 Å². The first kappa shape index (κ1) is 12.7. The van der Waals surface area contributed by atoms with Crippen molar-refractivity contribution >= 4 is 0 Å². The van der Waals surface area contributed by atoms with Crippen molar-refractivity contribution in [3.63, 3.8) is 0 Å². The highest BCUT2D eigenvalue weighted by Gasteiger charge is 2.52. The van der Waals surface area contributed by atoms with E-state index in [1.54, 1.807) is 0 Å². The molecular formula is C16H20F2N2. The molecule has 1 aromatic rings. The van der Waals surface area contributed by atoms with Gasteiger partial charge in [0.15, 0.2) is 0 Å². The molecule has 0 unspecified atom stereocenters. The largest absolute Gasteiger partial charge is 0.301 e. The van der Waals surface area contributed by atoms with E-state index in [-0.39, 0.29) is 5.92 Å². The number of piperidine rings is 3. The first-order valence-electron chi connectivity index (χ1n) is 7.54. The molecular weight excluding hydrogens is 258 g/mol. The molecule has 0 spiro atoms. The SMILES string of the molecule is CN1C[C@H](c2cc(F)cc(F)c2)[C@H]2[C@@H]1C1CCN2CC1. The normalized spacial score (nSPS) is 40.0. The number of fused-ring (bicyclic) bond motifs is 2. The summed E-state index contributed by atoms with van der Waals surface area (Å²) in [6, 6.07) is 5.01. The lowest BCUT2D eigenvalue weighted by Crippen LogP contribution is -2.59. The van der Waals surface area contributed by atoms with Crippen molar-refractivity contribution in [2.45, 2.75) is 30.8 Å². The zero-order valence-corrected chi connectivity index (χ0v) is 11.7. The molecule has 0 amide bonds. The lowest BCUT2D eigenvalue weighted by atomic mass is 9.75. The summed E-state index contributed by atoms with van der Waals surface area (Å²) in [4.78, 5) is 4.95. The molecule has 4 saturated heterocycles. The van der Waals surface area contributed by atoms with Crippen molar-refractivity contribution in [1.82, 2.24) is 9.80 Å². The molecule has 20 heavy (non-hydrogen) atoms. The Labute approximate surface area is 118 Å². The van der Waals surface area contributed by atoms with Gasteiger partial charge in [-0.15, -0.1) is 0 Å². The molecule has 3 atom stereocenters. The van der Waals surface area contributed by atoms with E-state index in [0.717, 1.165) is 37.2 Å². The molecule has 0 radical (unpaired) electrons. The summed E-state index contributed by atoms with van der Waals surface area (Å²) in [5.41, 5.74) is 0.828. The van der Waals surface area contributed by atoms with Crippen LogP contribution < -0.4 is 0 Å². The number of likely N-dealkylation sites (tertiary alicyclic amines) is 1. The molecule has 0 aromatic heterocycles.